The third-order valence-electron chi connectivity index (χ3n) is 5.26. The summed E-state index contributed by atoms with van der Waals surface area (Å²) in [5.74, 6) is -0.704. The van der Waals surface area contributed by atoms with Gasteiger partial charge in [0.05, 0.1) is 12.5 Å². The first-order valence-electron chi connectivity index (χ1n) is 9.42. The molecule has 1 aliphatic rings. The van der Waals surface area contributed by atoms with Crippen LogP contribution in [0.2, 0.25) is 0 Å². The maximum atomic E-state index is 12.7. The van der Waals surface area contributed by atoms with Crippen molar-refractivity contribution < 1.29 is 14.7 Å². The second-order valence-electron chi connectivity index (χ2n) is 7.10. The number of rotatable bonds is 6. The fourth-order valence-electron chi connectivity index (χ4n) is 3.82. The minimum Gasteiger partial charge on any atom is -0.481 e. The molecule has 0 fully saturated rings. The summed E-state index contributed by atoms with van der Waals surface area (Å²) < 4.78 is 0. The second-order valence-corrected chi connectivity index (χ2v) is 7.10. The monoisotopic (exact) mass is 366 g/mol. The maximum absolute atomic E-state index is 12.7. The summed E-state index contributed by atoms with van der Waals surface area (Å²) in [7, 11) is 1.63. The van der Waals surface area contributed by atoms with E-state index < -0.39 is 5.97 Å². The van der Waals surface area contributed by atoms with Crippen molar-refractivity contribution in [3.8, 4) is 0 Å². The first-order valence-corrected chi connectivity index (χ1v) is 9.42. The van der Waals surface area contributed by atoms with Crippen LogP contribution in [-0.2, 0) is 11.2 Å². The molecule has 142 valence electrons. The van der Waals surface area contributed by atoms with E-state index in [4.69, 9.17) is 5.11 Å². The third kappa shape index (κ3) is 4.67. The minimum absolute atomic E-state index is 0.0633. The Morgan fingerprint density at radius 2 is 1.85 bits per heavy atom. The smallest absolute Gasteiger partial charge is 0.317 e. The number of hydrogen-bond acceptors (Lipinski definition) is 2. The lowest BCUT2D eigenvalue weighted by Gasteiger charge is -2.34. The molecule has 3 rings (SSSR count). The Morgan fingerprint density at radius 1 is 1.15 bits per heavy atom. The number of carboxylic acid groups (broad SMARTS) is 1. The first kappa shape index (κ1) is 19.0. The summed E-state index contributed by atoms with van der Waals surface area (Å²) >= 11 is 0. The van der Waals surface area contributed by atoms with Crippen molar-refractivity contribution >= 4 is 12.0 Å². The molecule has 2 aromatic carbocycles. The molecule has 5 nitrogen and oxygen atoms in total. The van der Waals surface area contributed by atoms with Gasteiger partial charge in [-0.15, -0.1) is 0 Å². The van der Waals surface area contributed by atoms with Gasteiger partial charge >= 0.3 is 12.0 Å². The normalized spacial score (nSPS) is 16.9. The SMILES string of the molecule is CN(CCC(=O)O)C(=O)NC(c1ccccc1)C1CCCc2ccccc21. The van der Waals surface area contributed by atoms with Gasteiger partial charge in [-0.05, 0) is 36.0 Å². The number of aliphatic carboxylic acids is 1. The van der Waals surface area contributed by atoms with Gasteiger partial charge in [0.15, 0.2) is 0 Å². The highest BCUT2D eigenvalue weighted by Gasteiger charge is 2.30. The number of hydrogen-bond donors (Lipinski definition) is 2. The number of nitrogens with zero attached hydrogens (tertiary/aromatic N) is 1. The molecule has 2 atom stereocenters. The summed E-state index contributed by atoms with van der Waals surface area (Å²) in [6.45, 7) is 0.184. The van der Waals surface area contributed by atoms with Gasteiger partial charge < -0.3 is 15.3 Å². The van der Waals surface area contributed by atoms with Crippen molar-refractivity contribution in [1.82, 2.24) is 10.2 Å². The van der Waals surface area contributed by atoms with E-state index >= 15 is 0 Å². The van der Waals surface area contributed by atoms with Crippen molar-refractivity contribution in [2.75, 3.05) is 13.6 Å². The molecule has 0 radical (unpaired) electrons. The Bertz CT molecular complexity index is 791. The van der Waals surface area contributed by atoms with Crippen LogP contribution in [-0.4, -0.2) is 35.6 Å². The number of urea groups is 1. The average Bonchev–Trinajstić information content (AvgIpc) is 2.70. The fourth-order valence-corrected chi connectivity index (χ4v) is 3.82. The summed E-state index contributed by atoms with van der Waals surface area (Å²) in [5, 5.41) is 12.0. The van der Waals surface area contributed by atoms with Crippen LogP contribution in [0.15, 0.2) is 54.6 Å². The van der Waals surface area contributed by atoms with E-state index in [2.05, 4.69) is 29.6 Å². The van der Waals surface area contributed by atoms with E-state index in [1.807, 2.05) is 30.3 Å². The highest BCUT2D eigenvalue weighted by Crippen LogP contribution is 2.40. The Kier molecular flexibility index (Phi) is 6.12. The van der Waals surface area contributed by atoms with Gasteiger partial charge in [0.25, 0.3) is 0 Å². The lowest BCUT2D eigenvalue weighted by atomic mass is 9.77. The van der Waals surface area contributed by atoms with Crippen LogP contribution in [0.3, 0.4) is 0 Å². The molecule has 2 N–H and O–H groups in total. The van der Waals surface area contributed by atoms with Gasteiger partial charge in [0, 0.05) is 19.5 Å². The minimum atomic E-state index is -0.907. The molecule has 0 spiro atoms. The summed E-state index contributed by atoms with van der Waals surface area (Å²) in [6.07, 6.45) is 3.11. The number of carboxylic acids is 1. The van der Waals surface area contributed by atoms with Crippen LogP contribution < -0.4 is 5.32 Å². The van der Waals surface area contributed by atoms with E-state index in [-0.39, 0.29) is 31.0 Å². The van der Waals surface area contributed by atoms with E-state index in [0.717, 1.165) is 24.8 Å². The molecule has 0 bridgehead atoms. The Hall–Kier alpha value is -2.82. The average molecular weight is 366 g/mol. The zero-order chi connectivity index (χ0) is 19.2. The fraction of sp³-hybridized carbons (Fsp3) is 0.364. The molecular formula is C22H26N2O3. The van der Waals surface area contributed by atoms with Crippen LogP contribution in [0.25, 0.3) is 0 Å². The Balaban J connectivity index is 1.85. The Morgan fingerprint density at radius 3 is 2.59 bits per heavy atom. The zero-order valence-electron chi connectivity index (χ0n) is 15.6. The predicted octanol–water partition coefficient (Wildman–Crippen LogP) is 3.96. The van der Waals surface area contributed by atoms with Crippen LogP contribution in [0.4, 0.5) is 4.79 Å². The molecule has 0 aliphatic heterocycles. The molecule has 5 heteroatoms. The van der Waals surface area contributed by atoms with Gasteiger partial charge in [-0.2, -0.15) is 0 Å². The highest BCUT2D eigenvalue weighted by atomic mass is 16.4. The van der Waals surface area contributed by atoms with Gasteiger partial charge in [0.1, 0.15) is 0 Å². The van der Waals surface area contributed by atoms with Crippen molar-refractivity contribution in [3.05, 3.63) is 71.3 Å². The van der Waals surface area contributed by atoms with Gasteiger partial charge in [-0.1, -0.05) is 54.6 Å². The lowest BCUT2D eigenvalue weighted by molar-refractivity contribution is -0.137. The molecule has 0 saturated heterocycles. The number of carbonyl (C=O) groups is 2. The van der Waals surface area contributed by atoms with Crippen molar-refractivity contribution in [3.63, 3.8) is 0 Å². The topological polar surface area (TPSA) is 69.6 Å². The summed E-state index contributed by atoms with van der Waals surface area (Å²) in [4.78, 5) is 25.0. The van der Waals surface area contributed by atoms with Crippen LogP contribution >= 0.6 is 0 Å². The molecule has 27 heavy (non-hydrogen) atoms. The molecule has 0 heterocycles. The lowest BCUT2D eigenvalue weighted by Crippen LogP contribution is -2.42. The molecule has 2 amide bonds. The molecular weight excluding hydrogens is 340 g/mol. The van der Waals surface area contributed by atoms with Gasteiger partial charge in [-0.3, -0.25) is 4.79 Å². The molecule has 2 unspecified atom stereocenters. The van der Waals surface area contributed by atoms with Crippen molar-refractivity contribution in [2.24, 2.45) is 0 Å². The summed E-state index contributed by atoms with van der Waals surface area (Å²) in [5.41, 5.74) is 3.72. The number of nitrogens with one attached hydrogen (secondary N) is 1. The third-order valence-corrected chi connectivity index (χ3v) is 5.26. The van der Waals surface area contributed by atoms with Gasteiger partial charge in [-0.25, -0.2) is 4.79 Å². The number of benzene rings is 2. The largest absolute Gasteiger partial charge is 0.481 e. The predicted molar refractivity (Wildman–Crippen MR) is 105 cm³/mol. The highest BCUT2D eigenvalue weighted by molar-refractivity contribution is 5.75. The number of fused-ring (bicyclic) bond motifs is 1. The number of aryl methyl sites for hydroxylation is 1. The Labute approximate surface area is 160 Å². The van der Waals surface area contributed by atoms with Crippen molar-refractivity contribution in [1.29, 1.82) is 0 Å². The number of amides is 2. The maximum Gasteiger partial charge on any atom is 0.317 e. The van der Waals surface area contributed by atoms with Crippen molar-refractivity contribution in [2.45, 2.75) is 37.6 Å². The molecule has 1 aliphatic carbocycles. The quantitative estimate of drug-likeness (QED) is 0.813. The van der Waals surface area contributed by atoms with Crippen LogP contribution in [0, 0.1) is 0 Å². The number of carbonyl (C=O) groups excluding carboxylic acids is 1. The second kappa shape index (κ2) is 8.71. The van der Waals surface area contributed by atoms with E-state index in [1.165, 1.54) is 16.0 Å². The van der Waals surface area contributed by atoms with Gasteiger partial charge in [0.2, 0.25) is 0 Å². The van der Waals surface area contributed by atoms with Crippen LogP contribution in [0.5, 0.6) is 0 Å². The van der Waals surface area contributed by atoms with E-state index in [9.17, 15) is 9.59 Å². The van der Waals surface area contributed by atoms with E-state index in [0.29, 0.717) is 0 Å². The zero-order valence-corrected chi connectivity index (χ0v) is 15.6. The first-order chi connectivity index (χ1) is 13.1. The molecule has 2 aromatic rings. The molecule has 0 aromatic heterocycles. The standard InChI is InChI=1S/C22H26N2O3/c1-24(15-14-20(25)26)22(27)23-21(17-9-3-2-4-10-17)19-13-7-11-16-8-5-6-12-18(16)19/h2-6,8-10,12,19,21H,7,11,13-15H2,1H3,(H,23,27)(H,25,26). The molecule has 0 saturated carbocycles. The van der Waals surface area contributed by atoms with E-state index in [1.54, 1.807) is 7.05 Å². The van der Waals surface area contributed by atoms with Crippen LogP contribution in [0.1, 0.15) is 47.9 Å². The summed E-state index contributed by atoms with van der Waals surface area (Å²) in [6, 6.07) is 18.1.